The largest absolute Gasteiger partial charge is 0.508 e. The second-order valence-corrected chi connectivity index (χ2v) is 12.9. The molecule has 1 aromatic carbocycles. The number of nitrogens with one attached hydrogen (secondary N) is 1. The van der Waals surface area contributed by atoms with Gasteiger partial charge >= 0.3 is 5.97 Å². The monoisotopic (exact) mass is 361 g/mol. The van der Waals surface area contributed by atoms with Crippen molar-refractivity contribution in [3.63, 3.8) is 0 Å². The van der Waals surface area contributed by atoms with Crippen molar-refractivity contribution in [1.82, 2.24) is 5.32 Å². The van der Waals surface area contributed by atoms with Gasteiger partial charge in [0.2, 0.25) is 0 Å². The normalized spacial score (nSPS) is 12.9. The number of ether oxygens (including phenoxy) is 1. The third kappa shape index (κ3) is 9.95. The molecule has 0 aliphatic carbocycles. The molecule has 0 heterocycles. The van der Waals surface area contributed by atoms with Gasteiger partial charge < -0.3 is 15.2 Å². The Morgan fingerprint density at radius 1 is 1.28 bits per heavy atom. The average Bonchev–Trinajstić information content (AvgIpc) is 2.43. The summed E-state index contributed by atoms with van der Waals surface area (Å²) < 4.78 is 5.41. The zero-order chi connectivity index (χ0) is 19.1. The molecule has 25 heavy (non-hydrogen) atoms. The van der Waals surface area contributed by atoms with Crippen LogP contribution in [0.2, 0.25) is 19.6 Å². The van der Waals surface area contributed by atoms with Crippen LogP contribution in [0.1, 0.15) is 32.8 Å². The molecular weight excluding hydrogens is 330 g/mol. The molecular formula is C20H31NO3Si. The Morgan fingerprint density at radius 3 is 2.48 bits per heavy atom. The first kappa shape index (κ1) is 21.3. The molecule has 2 N–H and O–H groups in total. The highest BCUT2D eigenvalue weighted by Crippen LogP contribution is 2.15. The second-order valence-electron chi connectivity index (χ2n) is 8.20. The Morgan fingerprint density at radius 2 is 1.92 bits per heavy atom. The fourth-order valence-corrected chi connectivity index (χ4v) is 2.74. The lowest BCUT2D eigenvalue weighted by atomic mass is 10.1. The number of rotatable bonds is 6. The van der Waals surface area contributed by atoms with Crippen LogP contribution in [0.4, 0.5) is 0 Å². The van der Waals surface area contributed by atoms with Crippen molar-refractivity contribution in [2.75, 3.05) is 6.54 Å². The van der Waals surface area contributed by atoms with Gasteiger partial charge in [-0.2, -0.15) is 0 Å². The second kappa shape index (κ2) is 9.07. The van der Waals surface area contributed by atoms with Gasteiger partial charge in [-0.05, 0) is 38.8 Å². The molecule has 0 spiro atoms. The average molecular weight is 362 g/mol. The van der Waals surface area contributed by atoms with E-state index in [-0.39, 0.29) is 18.4 Å². The highest BCUT2D eigenvalue weighted by Gasteiger charge is 2.20. The topological polar surface area (TPSA) is 58.6 Å². The first-order valence-corrected chi connectivity index (χ1v) is 12.2. The van der Waals surface area contributed by atoms with E-state index >= 15 is 0 Å². The SMILES string of the molecule is CC(C)(C)OC(=O)C[C@@H](C#C[Si](C)(C)C)NCCc1ccccc1O. The summed E-state index contributed by atoms with van der Waals surface area (Å²) in [7, 11) is -1.52. The number of carbonyl (C=O) groups is 1. The molecule has 0 amide bonds. The number of hydrogen-bond acceptors (Lipinski definition) is 4. The molecule has 0 bridgehead atoms. The predicted molar refractivity (Wildman–Crippen MR) is 105 cm³/mol. The van der Waals surface area contributed by atoms with Crippen LogP contribution < -0.4 is 5.32 Å². The highest BCUT2D eigenvalue weighted by atomic mass is 28.3. The van der Waals surface area contributed by atoms with E-state index in [4.69, 9.17) is 4.74 Å². The van der Waals surface area contributed by atoms with Crippen LogP contribution in [0.3, 0.4) is 0 Å². The van der Waals surface area contributed by atoms with E-state index in [9.17, 15) is 9.90 Å². The van der Waals surface area contributed by atoms with Gasteiger partial charge in [0.15, 0.2) is 0 Å². The van der Waals surface area contributed by atoms with Crippen molar-refractivity contribution in [2.24, 2.45) is 0 Å². The Bertz CT molecular complexity index is 633. The zero-order valence-electron chi connectivity index (χ0n) is 16.3. The van der Waals surface area contributed by atoms with Gasteiger partial charge in [-0.1, -0.05) is 43.8 Å². The maximum Gasteiger partial charge on any atom is 0.308 e. The maximum absolute atomic E-state index is 12.1. The number of hydrogen-bond donors (Lipinski definition) is 2. The molecule has 0 fully saturated rings. The Balaban J connectivity index is 2.69. The van der Waals surface area contributed by atoms with E-state index in [0.717, 1.165) is 5.56 Å². The Kier molecular flexibility index (Phi) is 7.72. The van der Waals surface area contributed by atoms with Crippen molar-refractivity contribution in [3.05, 3.63) is 29.8 Å². The van der Waals surface area contributed by atoms with Crippen molar-refractivity contribution in [2.45, 2.75) is 64.9 Å². The minimum absolute atomic E-state index is 0.218. The molecule has 1 atom stereocenters. The number of benzene rings is 1. The highest BCUT2D eigenvalue weighted by molar-refractivity contribution is 6.83. The van der Waals surface area contributed by atoms with Crippen LogP contribution in [0, 0.1) is 11.5 Å². The zero-order valence-corrected chi connectivity index (χ0v) is 17.3. The van der Waals surface area contributed by atoms with Gasteiger partial charge in [-0.3, -0.25) is 4.79 Å². The lowest BCUT2D eigenvalue weighted by Crippen LogP contribution is -2.35. The van der Waals surface area contributed by atoms with Crippen LogP contribution in [0.15, 0.2) is 24.3 Å². The predicted octanol–water partition coefficient (Wildman–Crippen LogP) is 3.51. The van der Waals surface area contributed by atoms with Gasteiger partial charge in [-0.25, -0.2) is 0 Å². The molecule has 0 unspecified atom stereocenters. The van der Waals surface area contributed by atoms with Gasteiger partial charge in [-0.15, -0.1) is 5.54 Å². The molecule has 138 valence electrons. The number of carbonyl (C=O) groups excluding carboxylic acids is 1. The van der Waals surface area contributed by atoms with Gasteiger partial charge in [0, 0.05) is 6.54 Å². The summed E-state index contributed by atoms with van der Waals surface area (Å²) >= 11 is 0. The minimum Gasteiger partial charge on any atom is -0.508 e. The quantitative estimate of drug-likeness (QED) is 0.462. The number of para-hydroxylation sites is 1. The van der Waals surface area contributed by atoms with E-state index < -0.39 is 13.7 Å². The molecule has 0 saturated carbocycles. The summed E-state index contributed by atoms with van der Waals surface area (Å²) in [4.78, 5) is 12.1. The smallest absolute Gasteiger partial charge is 0.308 e. The number of phenolic OH excluding ortho intramolecular Hbond substituents is 1. The third-order valence-electron chi connectivity index (χ3n) is 3.19. The van der Waals surface area contributed by atoms with Crippen molar-refractivity contribution in [3.8, 4) is 17.2 Å². The van der Waals surface area contributed by atoms with Crippen LogP contribution in [-0.4, -0.2) is 37.3 Å². The third-order valence-corrected chi connectivity index (χ3v) is 4.08. The summed E-state index contributed by atoms with van der Waals surface area (Å²) in [6.07, 6.45) is 0.891. The molecule has 0 aliphatic rings. The van der Waals surface area contributed by atoms with Crippen LogP contribution in [-0.2, 0) is 16.0 Å². The molecule has 1 rings (SSSR count). The molecule has 0 saturated heterocycles. The lowest BCUT2D eigenvalue weighted by Gasteiger charge is -2.21. The Labute approximate surface area is 153 Å². The summed E-state index contributed by atoms with van der Waals surface area (Å²) in [5, 5.41) is 13.2. The summed E-state index contributed by atoms with van der Waals surface area (Å²) in [5.74, 6) is 3.25. The Hall–Kier alpha value is -1.77. The molecule has 0 aliphatic heterocycles. The van der Waals surface area contributed by atoms with E-state index in [1.165, 1.54) is 0 Å². The first-order valence-electron chi connectivity index (χ1n) is 8.71. The summed E-state index contributed by atoms with van der Waals surface area (Å²) in [5.41, 5.74) is 3.70. The fraction of sp³-hybridized carbons (Fsp3) is 0.550. The van der Waals surface area contributed by atoms with E-state index in [1.807, 2.05) is 32.9 Å². The summed E-state index contributed by atoms with van der Waals surface area (Å²) in [6, 6.07) is 7.04. The molecule has 0 radical (unpaired) electrons. The number of esters is 1. The van der Waals surface area contributed by atoms with Crippen molar-refractivity contribution in [1.29, 1.82) is 0 Å². The molecule has 0 aromatic heterocycles. The number of aromatic hydroxyl groups is 1. The lowest BCUT2D eigenvalue weighted by molar-refractivity contribution is -0.155. The number of phenols is 1. The fourth-order valence-electron chi connectivity index (χ4n) is 2.13. The summed E-state index contributed by atoms with van der Waals surface area (Å²) in [6.45, 7) is 12.7. The van der Waals surface area contributed by atoms with E-state index in [0.29, 0.717) is 18.7 Å². The van der Waals surface area contributed by atoms with Crippen molar-refractivity contribution >= 4 is 14.0 Å². The molecule has 4 nitrogen and oxygen atoms in total. The van der Waals surface area contributed by atoms with Gasteiger partial charge in [0.1, 0.15) is 19.4 Å². The van der Waals surface area contributed by atoms with Crippen molar-refractivity contribution < 1.29 is 14.6 Å². The van der Waals surface area contributed by atoms with E-state index in [2.05, 4.69) is 36.4 Å². The van der Waals surface area contributed by atoms with Gasteiger partial charge in [0.05, 0.1) is 12.5 Å². The first-order chi connectivity index (χ1) is 11.5. The van der Waals surface area contributed by atoms with Crippen LogP contribution >= 0.6 is 0 Å². The van der Waals surface area contributed by atoms with Crippen LogP contribution in [0.5, 0.6) is 5.75 Å². The molecule has 5 heteroatoms. The van der Waals surface area contributed by atoms with Gasteiger partial charge in [0.25, 0.3) is 0 Å². The minimum atomic E-state index is -1.52. The molecule has 1 aromatic rings. The van der Waals surface area contributed by atoms with E-state index in [1.54, 1.807) is 12.1 Å². The maximum atomic E-state index is 12.1. The van der Waals surface area contributed by atoms with Crippen LogP contribution in [0.25, 0.3) is 0 Å². The standard InChI is InChI=1S/C20H31NO3Si/c1-20(2,3)24-19(23)15-17(12-14-25(4,5)6)21-13-11-16-9-7-8-10-18(16)22/h7-10,17,21-22H,11,13,15H2,1-6H3/t17-/m1/s1.